The third-order valence-electron chi connectivity index (χ3n) is 4.11. The Bertz CT molecular complexity index is 283. The van der Waals surface area contributed by atoms with Crippen molar-refractivity contribution in [1.82, 2.24) is 5.06 Å². The molecule has 0 aromatic rings. The van der Waals surface area contributed by atoms with Crippen LogP contribution in [-0.4, -0.2) is 33.5 Å². The normalized spacial score (nSPS) is 25.8. The highest BCUT2D eigenvalue weighted by atomic mass is 16.7. The molecule has 3 heteroatoms. The maximum absolute atomic E-state index is 10.1. The molecule has 1 rings (SSSR count). The van der Waals surface area contributed by atoms with Gasteiger partial charge in [0.05, 0.1) is 6.10 Å². The van der Waals surface area contributed by atoms with E-state index in [1.54, 1.807) is 6.08 Å². The van der Waals surface area contributed by atoms with Crippen LogP contribution in [0.25, 0.3) is 0 Å². The first-order chi connectivity index (χ1) is 8.74. The van der Waals surface area contributed by atoms with E-state index < -0.39 is 6.10 Å². The minimum Gasteiger partial charge on any atom is -0.386 e. The minimum atomic E-state index is -0.603. The molecule has 0 aromatic carbocycles. The summed E-state index contributed by atoms with van der Waals surface area (Å²) in [5.74, 6) is 0. The van der Waals surface area contributed by atoms with Gasteiger partial charge in [-0.25, -0.2) is 0 Å². The van der Waals surface area contributed by atoms with Crippen molar-refractivity contribution in [2.45, 2.75) is 90.0 Å². The van der Waals surface area contributed by atoms with Crippen LogP contribution in [0, 0.1) is 0 Å². The molecule has 0 amide bonds. The molecule has 1 saturated heterocycles. The van der Waals surface area contributed by atoms with Gasteiger partial charge in [-0.05, 0) is 53.4 Å². The lowest BCUT2D eigenvalue weighted by atomic mass is 9.82. The molecule has 0 saturated carbocycles. The van der Waals surface area contributed by atoms with Crippen molar-refractivity contribution < 1.29 is 9.94 Å². The van der Waals surface area contributed by atoms with Gasteiger partial charge < -0.3 is 5.11 Å². The van der Waals surface area contributed by atoms with E-state index >= 15 is 0 Å². The van der Waals surface area contributed by atoms with Gasteiger partial charge in [0.15, 0.2) is 0 Å². The number of rotatable bonds is 6. The summed E-state index contributed by atoms with van der Waals surface area (Å²) in [6, 6.07) is 0. The Hall–Kier alpha value is -0.380. The number of nitrogens with zero attached hydrogens (tertiary/aromatic N) is 1. The monoisotopic (exact) mass is 269 g/mol. The molecule has 0 radical (unpaired) electrons. The molecule has 2 atom stereocenters. The van der Waals surface area contributed by atoms with Crippen LogP contribution in [-0.2, 0) is 4.84 Å². The van der Waals surface area contributed by atoms with E-state index in [4.69, 9.17) is 4.84 Å². The van der Waals surface area contributed by atoms with E-state index in [0.717, 1.165) is 25.7 Å². The lowest BCUT2D eigenvalue weighted by molar-refractivity contribution is -0.314. The smallest absolute Gasteiger partial charge is 0.109 e. The number of aliphatic hydroxyl groups is 1. The van der Waals surface area contributed by atoms with Crippen molar-refractivity contribution in [2.24, 2.45) is 0 Å². The van der Waals surface area contributed by atoms with Gasteiger partial charge in [0.1, 0.15) is 6.10 Å². The average molecular weight is 269 g/mol. The molecular weight excluding hydrogens is 238 g/mol. The molecule has 0 spiro atoms. The summed E-state index contributed by atoms with van der Waals surface area (Å²) in [4.78, 5) is 6.23. The van der Waals surface area contributed by atoms with Gasteiger partial charge in [-0.1, -0.05) is 19.4 Å². The Labute approximate surface area is 118 Å². The Morgan fingerprint density at radius 1 is 1.26 bits per heavy atom. The second-order valence-corrected chi connectivity index (χ2v) is 6.93. The molecule has 0 aliphatic carbocycles. The van der Waals surface area contributed by atoms with Gasteiger partial charge in [0, 0.05) is 11.1 Å². The van der Waals surface area contributed by atoms with E-state index in [1.807, 2.05) is 0 Å². The first kappa shape index (κ1) is 16.7. The Morgan fingerprint density at radius 2 is 1.79 bits per heavy atom. The molecule has 0 aromatic heterocycles. The van der Waals surface area contributed by atoms with Crippen molar-refractivity contribution in [3.63, 3.8) is 0 Å². The Morgan fingerprint density at radius 3 is 2.21 bits per heavy atom. The molecule has 1 N–H and O–H groups in total. The van der Waals surface area contributed by atoms with Crippen LogP contribution in [0.3, 0.4) is 0 Å². The molecule has 112 valence electrons. The van der Waals surface area contributed by atoms with Crippen molar-refractivity contribution in [3.8, 4) is 0 Å². The molecular formula is C16H31NO2. The van der Waals surface area contributed by atoms with Crippen molar-refractivity contribution in [3.05, 3.63) is 12.7 Å². The predicted octanol–water partition coefficient (Wildman–Crippen LogP) is 3.68. The van der Waals surface area contributed by atoms with Crippen LogP contribution in [0.15, 0.2) is 12.7 Å². The summed E-state index contributed by atoms with van der Waals surface area (Å²) in [5, 5.41) is 12.2. The van der Waals surface area contributed by atoms with Gasteiger partial charge in [-0.3, -0.25) is 4.84 Å². The molecule has 1 heterocycles. The zero-order valence-corrected chi connectivity index (χ0v) is 13.3. The van der Waals surface area contributed by atoms with Crippen LogP contribution < -0.4 is 0 Å². The maximum atomic E-state index is 10.1. The number of aliphatic hydroxyl groups excluding tert-OH is 1. The summed E-state index contributed by atoms with van der Waals surface area (Å²) >= 11 is 0. The second-order valence-electron chi connectivity index (χ2n) is 6.93. The van der Waals surface area contributed by atoms with E-state index in [-0.39, 0.29) is 17.2 Å². The SMILES string of the molecule is C=C[C@@H](O)[C@H](CCC)ON1C(C)(C)CCCC1(C)C. The van der Waals surface area contributed by atoms with E-state index in [1.165, 1.54) is 6.42 Å². The summed E-state index contributed by atoms with van der Waals surface area (Å²) in [7, 11) is 0. The number of hydroxylamine groups is 2. The van der Waals surface area contributed by atoms with E-state index in [9.17, 15) is 5.11 Å². The van der Waals surface area contributed by atoms with Gasteiger partial charge in [0.2, 0.25) is 0 Å². The molecule has 1 fully saturated rings. The number of piperidine rings is 1. The average Bonchev–Trinajstić information content (AvgIpc) is 2.30. The highest BCUT2D eigenvalue weighted by Crippen LogP contribution is 2.39. The van der Waals surface area contributed by atoms with Crippen LogP contribution >= 0.6 is 0 Å². The zero-order valence-electron chi connectivity index (χ0n) is 13.3. The number of hydrogen-bond donors (Lipinski definition) is 1. The van der Waals surface area contributed by atoms with E-state index in [0.29, 0.717) is 0 Å². The van der Waals surface area contributed by atoms with Gasteiger partial charge in [-0.15, -0.1) is 6.58 Å². The first-order valence-corrected chi connectivity index (χ1v) is 7.52. The first-order valence-electron chi connectivity index (χ1n) is 7.52. The quantitative estimate of drug-likeness (QED) is 0.747. The van der Waals surface area contributed by atoms with E-state index in [2.05, 4.69) is 46.3 Å². The number of hydrogen-bond acceptors (Lipinski definition) is 3. The summed E-state index contributed by atoms with van der Waals surface area (Å²) in [5.41, 5.74) is 0.0171. The largest absolute Gasteiger partial charge is 0.386 e. The summed E-state index contributed by atoms with van der Waals surface area (Å²) in [6.07, 6.45) is 6.08. The second kappa shape index (κ2) is 6.38. The van der Waals surface area contributed by atoms with Crippen LogP contribution in [0.2, 0.25) is 0 Å². The van der Waals surface area contributed by atoms with Crippen LogP contribution in [0.1, 0.15) is 66.7 Å². The lowest BCUT2D eigenvalue weighted by Gasteiger charge is -2.52. The lowest BCUT2D eigenvalue weighted by Crippen LogP contribution is -2.60. The van der Waals surface area contributed by atoms with Crippen molar-refractivity contribution in [1.29, 1.82) is 0 Å². The van der Waals surface area contributed by atoms with Crippen molar-refractivity contribution in [2.75, 3.05) is 0 Å². The fraction of sp³-hybridized carbons (Fsp3) is 0.875. The van der Waals surface area contributed by atoms with Gasteiger partial charge in [-0.2, -0.15) is 5.06 Å². The fourth-order valence-electron chi connectivity index (χ4n) is 3.12. The molecule has 0 bridgehead atoms. The molecule has 0 unspecified atom stereocenters. The van der Waals surface area contributed by atoms with Gasteiger partial charge >= 0.3 is 0 Å². The predicted molar refractivity (Wildman–Crippen MR) is 79.8 cm³/mol. The molecule has 19 heavy (non-hydrogen) atoms. The topological polar surface area (TPSA) is 32.7 Å². The third-order valence-corrected chi connectivity index (χ3v) is 4.11. The molecule has 1 aliphatic rings. The van der Waals surface area contributed by atoms with Crippen LogP contribution in [0.4, 0.5) is 0 Å². The Kier molecular flexibility index (Phi) is 5.60. The highest BCUT2D eigenvalue weighted by Gasteiger charge is 2.44. The highest BCUT2D eigenvalue weighted by molar-refractivity contribution is 4.94. The molecule has 3 nitrogen and oxygen atoms in total. The summed E-state index contributed by atoms with van der Waals surface area (Å²) < 4.78 is 0. The third kappa shape index (κ3) is 4.04. The fourth-order valence-corrected chi connectivity index (χ4v) is 3.12. The summed E-state index contributed by atoms with van der Waals surface area (Å²) in [6.45, 7) is 14.7. The van der Waals surface area contributed by atoms with Crippen molar-refractivity contribution >= 4 is 0 Å². The van der Waals surface area contributed by atoms with Crippen LogP contribution in [0.5, 0.6) is 0 Å². The minimum absolute atomic E-state index is 0.00856. The van der Waals surface area contributed by atoms with Gasteiger partial charge in [0.25, 0.3) is 0 Å². The Balaban J connectivity index is 2.87. The standard InChI is InChI=1S/C16H31NO2/c1-7-10-14(13(18)8-2)19-17-15(3,4)11-9-12-16(17,5)6/h8,13-14,18H,2,7,9-12H2,1,3-6H3/t13-,14+/m1/s1. The molecule has 1 aliphatic heterocycles. The zero-order chi connectivity index (χ0) is 14.7. The maximum Gasteiger partial charge on any atom is 0.109 e.